The molecule has 0 saturated heterocycles. The number of carbonyl (C=O) groups excluding carboxylic acids is 1. The number of hydrogen-bond donors (Lipinski definition) is 2. The molecule has 186 valence electrons. The van der Waals surface area contributed by atoms with Gasteiger partial charge in [-0.25, -0.2) is 9.97 Å². The number of fused-ring (bicyclic) bond motifs is 1. The standard InChI is InChI=1S/C28H26N6O3/c1-18(19-7-5-4-6-8-19)31-28-29-14-13-26(33-28)34-17-30-22-16-21(10-11-23(22)34)32-27(35)20-9-12-24(36-2)25(15-20)37-3/h4-18H,1-3H3,(H,32,35)(H,29,31,33). The summed E-state index contributed by atoms with van der Waals surface area (Å²) < 4.78 is 12.4. The molecule has 1 unspecified atom stereocenters. The molecule has 1 atom stereocenters. The predicted molar refractivity (Wildman–Crippen MR) is 143 cm³/mol. The number of aromatic nitrogens is 4. The van der Waals surface area contributed by atoms with Gasteiger partial charge >= 0.3 is 0 Å². The number of imidazole rings is 1. The number of hydrogen-bond acceptors (Lipinski definition) is 7. The molecule has 1 amide bonds. The average Bonchev–Trinajstić information content (AvgIpc) is 3.36. The van der Waals surface area contributed by atoms with Crippen LogP contribution in [0.25, 0.3) is 16.9 Å². The highest BCUT2D eigenvalue weighted by Crippen LogP contribution is 2.28. The minimum Gasteiger partial charge on any atom is -0.493 e. The highest BCUT2D eigenvalue weighted by Gasteiger charge is 2.13. The van der Waals surface area contributed by atoms with Crippen LogP contribution in [0.5, 0.6) is 11.5 Å². The van der Waals surface area contributed by atoms with Crippen LogP contribution >= 0.6 is 0 Å². The summed E-state index contributed by atoms with van der Waals surface area (Å²) in [6, 6.07) is 22.6. The van der Waals surface area contributed by atoms with Crippen molar-refractivity contribution in [2.24, 2.45) is 0 Å². The van der Waals surface area contributed by atoms with E-state index in [4.69, 9.17) is 9.47 Å². The van der Waals surface area contributed by atoms with Crippen LogP contribution in [0, 0.1) is 0 Å². The number of ether oxygens (including phenoxy) is 2. The first-order chi connectivity index (χ1) is 18.1. The van der Waals surface area contributed by atoms with E-state index >= 15 is 0 Å². The van der Waals surface area contributed by atoms with Gasteiger partial charge in [0.15, 0.2) is 11.5 Å². The zero-order valence-electron chi connectivity index (χ0n) is 20.7. The first-order valence-corrected chi connectivity index (χ1v) is 11.7. The minimum absolute atomic E-state index is 0.0489. The molecule has 0 bridgehead atoms. The van der Waals surface area contributed by atoms with E-state index in [2.05, 4.69) is 44.6 Å². The van der Waals surface area contributed by atoms with Crippen LogP contribution in [0.15, 0.2) is 85.3 Å². The Morgan fingerprint density at radius 3 is 2.51 bits per heavy atom. The number of rotatable bonds is 8. The molecule has 3 aromatic carbocycles. The molecule has 0 spiro atoms. The first kappa shape index (κ1) is 23.8. The zero-order valence-corrected chi connectivity index (χ0v) is 20.7. The van der Waals surface area contributed by atoms with Crippen molar-refractivity contribution in [2.75, 3.05) is 24.9 Å². The molecule has 9 heteroatoms. The summed E-state index contributed by atoms with van der Waals surface area (Å²) in [6.45, 7) is 2.07. The van der Waals surface area contributed by atoms with Crippen molar-refractivity contribution in [3.8, 4) is 17.3 Å². The summed E-state index contributed by atoms with van der Waals surface area (Å²) in [4.78, 5) is 26.4. The second-order valence-corrected chi connectivity index (χ2v) is 8.36. The molecule has 9 nitrogen and oxygen atoms in total. The molecule has 2 aromatic heterocycles. The lowest BCUT2D eigenvalue weighted by atomic mass is 10.1. The van der Waals surface area contributed by atoms with Gasteiger partial charge in [-0.2, -0.15) is 4.98 Å². The van der Waals surface area contributed by atoms with Crippen molar-refractivity contribution < 1.29 is 14.3 Å². The van der Waals surface area contributed by atoms with E-state index in [-0.39, 0.29) is 11.9 Å². The molecule has 5 rings (SSSR count). The van der Waals surface area contributed by atoms with Gasteiger partial charge in [0.2, 0.25) is 5.95 Å². The molecule has 0 aliphatic rings. The summed E-state index contributed by atoms with van der Waals surface area (Å²) in [5, 5.41) is 6.26. The summed E-state index contributed by atoms with van der Waals surface area (Å²) in [7, 11) is 3.08. The van der Waals surface area contributed by atoms with Crippen molar-refractivity contribution in [1.29, 1.82) is 0 Å². The van der Waals surface area contributed by atoms with Gasteiger partial charge in [-0.15, -0.1) is 0 Å². The fourth-order valence-corrected chi connectivity index (χ4v) is 4.03. The zero-order chi connectivity index (χ0) is 25.8. The third kappa shape index (κ3) is 5.06. The fraction of sp³-hybridized carbons (Fsp3) is 0.143. The third-order valence-electron chi connectivity index (χ3n) is 5.98. The maximum Gasteiger partial charge on any atom is 0.255 e. The number of carbonyl (C=O) groups is 1. The van der Waals surface area contributed by atoms with Crippen LogP contribution in [-0.4, -0.2) is 39.6 Å². The SMILES string of the molecule is COc1ccc(C(=O)Nc2ccc3c(c2)ncn3-c2ccnc(NC(C)c3ccccc3)n2)cc1OC. The molecule has 0 aliphatic carbocycles. The second-order valence-electron chi connectivity index (χ2n) is 8.36. The normalized spacial score (nSPS) is 11.6. The maximum absolute atomic E-state index is 12.8. The van der Waals surface area contributed by atoms with E-state index in [0.717, 1.165) is 16.6 Å². The van der Waals surface area contributed by atoms with Crippen molar-refractivity contribution in [1.82, 2.24) is 19.5 Å². The largest absolute Gasteiger partial charge is 0.493 e. The lowest BCUT2D eigenvalue weighted by Crippen LogP contribution is -2.12. The number of benzene rings is 3. The van der Waals surface area contributed by atoms with E-state index in [0.29, 0.717) is 34.5 Å². The van der Waals surface area contributed by atoms with Gasteiger partial charge in [0.25, 0.3) is 5.91 Å². The van der Waals surface area contributed by atoms with Crippen molar-refractivity contribution in [3.05, 3.63) is 96.4 Å². The Hall–Kier alpha value is -4.92. The van der Waals surface area contributed by atoms with E-state index < -0.39 is 0 Å². The summed E-state index contributed by atoms with van der Waals surface area (Å²) in [5.41, 5.74) is 3.79. The Morgan fingerprint density at radius 2 is 1.73 bits per heavy atom. The maximum atomic E-state index is 12.8. The molecule has 0 aliphatic heterocycles. The van der Waals surface area contributed by atoms with E-state index in [1.807, 2.05) is 47.0 Å². The molecule has 0 saturated carbocycles. The van der Waals surface area contributed by atoms with Gasteiger partial charge in [-0.1, -0.05) is 30.3 Å². The smallest absolute Gasteiger partial charge is 0.255 e. The van der Waals surface area contributed by atoms with Crippen molar-refractivity contribution in [2.45, 2.75) is 13.0 Å². The fourth-order valence-electron chi connectivity index (χ4n) is 4.03. The Kier molecular flexibility index (Phi) is 6.67. The van der Waals surface area contributed by atoms with Crippen LogP contribution in [0.3, 0.4) is 0 Å². The molecule has 37 heavy (non-hydrogen) atoms. The molecular weight excluding hydrogens is 468 g/mol. The van der Waals surface area contributed by atoms with Gasteiger partial charge in [-0.05, 0) is 55.0 Å². The topological polar surface area (TPSA) is 103 Å². The average molecular weight is 495 g/mol. The number of amides is 1. The van der Waals surface area contributed by atoms with E-state index in [1.165, 1.54) is 7.11 Å². The molecule has 0 fully saturated rings. The van der Waals surface area contributed by atoms with Gasteiger partial charge in [-0.3, -0.25) is 9.36 Å². The quantitative estimate of drug-likeness (QED) is 0.303. The van der Waals surface area contributed by atoms with E-state index in [9.17, 15) is 4.79 Å². The third-order valence-corrected chi connectivity index (χ3v) is 5.98. The highest BCUT2D eigenvalue weighted by atomic mass is 16.5. The molecule has 2 heterocycles. The Balaban J connectivity index is 1.35. The number of methoxy groups -OCH3 is 2. The molecular formula is C28H26N6O3. The monoisotopic (exact) mass is 494 g/mol. The number of nitrogens with one attached hydrogen (secondary N) is 2. The van der Waals surface area contributed by atoms with Crippen molar-refractivity contribution >= 4 is 28.6 Å². The Labute approximate surface area is 214 Å². The van der Waals surface area contributed by atoms with Crippen LogP contribution in [-0.2, 0) is 0 Å². The van der Waals surface area contributed by atoms with Crippen LogP contribution in [0.1, 0.15) is 28.9 Å². The summed E-state index contributed by atoms with van der Waals surface area (Å²) in [6.07, 6.45) is 3.42. The Bertz CT molecular complexity index is 1550. The molecule has 0 radical (unpaired) electrons. The highest BCUT2D eigenvalue weighted by molar-refractivity contribution is 6.05. The predicted octanol–water partition coefficient (Wildman–Crippen LogP) is 5.26. The summed E-state index contributed by atoms with van der Waals surface area (Å²) in [5.74, 6) is 1.99. The summed E-state index contributed by atoms with van der Waals surface area (Å²) >= 11 is 0. The minimum atomic E-state index is -0.265. The van der Waals surface area contributed by atoms with E-state index in [1.54, 1.807) is 37.8 Å². The van der Waals surface area contributed by atoms with Gasteiger partial charge < -0.3 is 20.1 Å². The van der Waals surface area contributed by atoms with Gasteiger partial charge in [0, 0.05) is 17.4 Å². The number of nitrogens with zero attached hydrogens (tertiary/aromatic N) is 4. The lowest BCUT2D eigenvalue weighted by Gasteiger charge is -2.14. The van der Waals surface area contributed by atoms with Crippen LogP contribution < -0.4 is 20.1 Å². The van der Waals surface area contributed by atoms with Crippen molar-refractivity contribution in [3.63, 3.8) is 0 Å². The van der Waals surface area contributed by atoms with Crippen LogP contribution in [0.2, 0.25) is 0 Å². The first-order valence-electron chi connectivity index (χ1n) is 11.7. The Morgan fingerprint density at radius 1 is 0.919 bits per heavy atom. The molecule has 2 N–H and O–H groups in total. The van der Waals surface area contributed by atoms with Crippen LogP contribution in [0.4, 0.5) is 11.6 Å². The van der Waals surface area contributed by atoms with Gasteiger partial charge in [0.05, 0.1) is 31.3 Å². The lowest BCUT2D eigenvalue weighted by molar-refractivity contribution is 0.102. The number of anilines is 2. The second kappa shape index (κ2) is 10.4. The molecule has 5 aromatic rings. The van der Waals surface area contributed by atoms with Gasteiger partial charge in [0.1, 0.15) is 12.1 Å².